The Bertz CT molecular complexity index is 357. The molecule has 3 atom stereocenters. The van der Waals surface area contributed by atoms with Crippen molar-refractivity contribution in [2.75, 3.05) is 6.61 Å². The van der Waals surface area contributed by atoms with E-state index in [1.54, 1.807) is 12.1 Å². The Labute approximate surface area is 109 Å². The van der Waals surface area contributed by atoms with Crippen LogP contribution in [0.1, 0.15) is 32.3 Å². The van der Waals surface area contributed by atoms with Gasteiger partial charge in [0.25, 0.3) is 0 Å². The Morgan fingerprint density at radius 1 is 1.33 bits per heavy atom. The number of benzene rings is 1. The van der Waals surface area contributed by atoms with Crippen LogP contribution in [0, 0.1) is 0 Å². The monoisotopic (exact) mass is 249 g/mol. The van der Waals surface area contributed by atoms with Crippen LogP contribution in [0.25, 0.3) is 0 Å². The number of hydrogen-bond donors (Lipinski definition) is 2. The summed E-state index contributed by atoms with van der Waals surface area (Å²) in [7, 11) is 0. The lowest BCUT2D eigenvalue weighted by molar-refractivity contribution is 0.0804. The zero-order chi connectivity index (χ0) is 13.0. The molecule has 1 saturated heterocycles. The first-order valence-electron chi connectivity index (χ1n) is 6.80. The van der Waals surface area contributed by atoms with Crippen LogP contribution in [0.3, 0.4) is 0 Å². The van der Waals surface area contributed by atoms with Crippen LogP contribution in [0.5, 0.6) is 5.75 Å². The summed E-state index contributed by atoms with van der Waals surface area (Å²) in [6.45, 7) is 5.30. The molecule has 0 radical (unpaired) electrons. The predicted octanol–water partition coefficient (Wildman–Crippen LogP) is 2.48. The molecule has 1 fully saturated rings. The van der Waals surface area contributed by atoms with Gasteiger partial charge >= 0.3 is 0 Å². The van der Waals surface area contributed by atoms with Crippen molar-refractivity contribution in [1.29, 1.82) is 0 Å². The van der Waals surface area contributed by atoms with E-state index >= 15 is 0 Å². The summed E-state index contributed by atoms with van der Waals surface area (Å²) in [5, 5.41) is 12.8. The average molecular weight is 249 g/mol. The van der Waals surface area contributed by atoms with Gasteiger partial charge in [-0.15, -0.1) is 0 Å². The number of hydrogen-bond acceptors (Lipinski definition) is 3. The quantitative estimate of drug-likeness (QED) is 0.842. The van der Waals surface area contributed by atoms with E-state index in [-0.39, 0.29) is 0 Å². The van der Waals surface area contributed by atoms with E-state index in [4.69, 9.17) is 4.74 Å². The van der Waals surface area contributed by atoms with E-state index in [0.29, 0.717) is 23.9 Å². The summed E-state index contributed by atoms with van der Waals surface area (Å²) >= 11 is 0. The Kier molecular flexibility index (Phi) is 4.61. The fourth-order valence-electron chi connectivity index (χ4n) is 2.60. The van der Waals surface area contributed by atoms with Crippen molar-refractivity contribution in [3.63, 3.8) is 0 Å². The molecular formula is C15H23NO2. The maximum absolute atomic E-state index is 9.25. The van der Waals surface area contributed by atoms with Crippen LogP contribution in [-0.2, 0) is 11.2 Å². The molecule has 0 aliphatic carbocycles. The van der Waals surface area contributed by atoms with Crippen molar-refractivity contribution in [2.45, 2.75) is 51.3 Å². The van der Waals surface area contributed by atoms with Crippen molar-refractivity contribution < 1.29 is 9.84 Å². The lowest BCUT2D eigenvalue weighted by Crippen LogP contribution is -2.42. The minimum atomic E-state index is 0.326. The molecule has 100 valence electrons. The summed E-state index contributed by atoms with van der Waals surface area (Å²) in [6.07, 6.45) is 3.69. The van der Waals surface area contributed by atoms with Crippen molar-refractivity contribution in [3.05, 3.63) is 29.8 Å². The minimum Gasteiger partial charge on any atom is -0.508 e. The third-order valence-corrected chi connectivity index (χ3v) is 3.55. The van der Waals surface area contributed by atoms with Gasteiger partial charge in [-0.25, -0.2) is 0 Å². The molecule has 1 aliphatic heterocycles. The van der Waals surface area contributed by atoms with Crippen LogP contribution in [0.2, 0.25) is 0 Å². The van der Waals surface area contributed by atoms with Crippen LogP contribution >= 0.6 is 0 Å². The molecular weight excluding hydrogens is 226 g/mol. The largest absolute Gasteiger partial charge is 0.508 e. The van der Waals surface area contributed by atoms with Gasteiger partial charge in [-0.2, -0.15) is 0 Å². The second kappa shape index (κ2) is 6.21. The van der Waals surface area contributed by atoms with E-state index in [2.05, 4.69) is 19.2 Å². The van der Waals surface area contributed by atoms with Crippen molar-refractivity contribution in [1.82, 2.24) is 5.32 Å². The maximum Gasteiger partial charge on any atom is 0.115 e. The molecule has 1 aromatic rings. The normalized spacial score (nSPS) is 22.9. The molecule has 1 aliphatic rings. The summed E-state index contributed by atoms with van der Waals surface area (Å²) in [4.78, 5) is 0. The molecule has 2 N–H and O–H groups in total. The standard InChI is InChI=1S/C15H23NO2/c1-11(10-13-5-7-14(17)8-6-13)16-12(2)15-4-3-9-18-15/h5-8,11-12,15-17H,3-4,9-10H2,1-2H3. The molecule has 2 rings (SSSR count). The molecule has 1 aromatic carbocycles. The highest BCUT2D eigenvalue weighted by atomic mass is 16.5. The number of phenolic OH excluding ortho intramolecular Hbond substituents is 1. The number of ether oxygens (including phenoxy) is 1. The van der Waals surface area contributed by atoms with Crippen LogP contribution < -0.4 is 5.32 Å². The number of phenols is 1. The van der Waals surface area contributed by atoms with Gasteiger partial charge < -0.3 is 15.2 Å². The molecule has 0 spiro atoms. The Hall–Kier alpha value is -1.06. The smallest absolute Gasteiger partial charge is 0.115 e. The van der Waals surface area contributed by atoms with E-state index in [9.17, 15) is 5.11 Å². The topological polar surface area (TPSA) is 41.5 Å². The highest BCUT2D eigenvalue weighted by Crippen LogP contribution is 2.16. The lowest BCUT2D eigenvalue weighted by Gasteiger charge is -2.24. The third kappa shape index (κ3) is 3.72. The van der Waals surface area contributed by atoms with Gasteiger partial charge in [0.05, 0.1) is 6.10 Å². The summed E-state index contributed by atoms with van der Waals surface area (Å²) in [5.41, 5.74) is 1.24. The molecule has 3 unspecified atom stereocenters. The first-order chi connectivity index (χ1) is 8.65. The second-order valence-corrected chi connectivity index (χ2v) is 5.28. The molecule has 0 saturated carbocycles. The van der Waals surface area contributed by atoms with Crippen molar-refractivity contribution in [2.24, 2.45) is 0 Å². The van der Waals surface area contributed by atoms with Gasteiger partial charge in [0.1, 0.15) is 5.75 Å². The number of rotatable bonds is 5. The zero-order valence-corrected chi connectivity index (χ0v) is 11.2. The van der Waals surface area contributed by atoms with Gasteiger partial charge in [0.15, 0.2) is 0 Å². The first-order valence-corrected chi connectivity index (χ1v) is 6.80. The van der Waals surface area contributed by atoms with Gasteiger partial charge in [0.2, 0.25) is 0 Å². The fraction of sp³-hybridized carbons (Fsp3) is 0.600. The molecule has 0 bridgehead atoms. The summed E-state index contributed by atoms with van der Waals surface area (Å²) in [6, 6.07) is 8.25. The van der Waals surface area contributed by atoms with Crippen LogP contribution in [-0.4, -0.2) is 29.9 Å². The molecule has 18 heavy (non-hydrogen) atoms. The van der Waals surface area contributed by atoms with Gasteiger partial charge in [-0.3, -0.25) is 0 Å². The van der Waals surface area contributed by atoms with Crippen molar-refractivity contribution in [3.8, 4) is 5.75 Å². The summed E-state index contributed by atoms with van der Waals surface area (Å²) < 4.78 is 5.69. The van der Waals surface area contributed by atoms with E-state index < -0.39 is 0 Å². The SMILES string of the molecule is CC(Cc1ccc(O)cc1)NC(C)C1CCCO1. The Balaban J connectivity index is 1.80. The van der Waals surface area contributed by atoms with E-state index in [1.165, 1.54) is 18.4 Å². The van der Waals surface area contributed by atoms with Gasteiger partial charge in [-0.05, 0) is 50.8 Å². The van der Waals surface area contributed by atoms with Gasteiger partial charge in [0, 0.05) is 18.7 Å². The van der Waals surface area contributed by atoms with Crippen LogP contribution in [0.15, 0.2) is 24.3 Å². The lowest BCUT2D eigenvalue weighted by atomic mass is 10.0. The molecule has 0 aromatic heterocycles. The van der Waals surface area contributed by atoms with E-state index in [0.717, 1.165) is 13.0 Å². The second-order valence-electron chi connectivity index (χ2n) is 5.28. The third-order valence-electron chi connectivity index (χ3n) is 3.55. The highest BCUT2D eigenvalue weighted by molar-refractivity contribution is 5.26. The Morgan fingerprint density at radius 3 is 2.67 bits per heavy atom. The molecule has 3 nitrogen and oxygen atoms in total. The van der Waals surface area contributed by atoms with Crippen LogP contribution in [0.4, 0.5) is 0 Å². The number of nitrogens with one attached hydrogen (secondary N) is 1. The average Bonchev–Trinajstić information content (AvgIpc) is 2.85. The molecule has 1 heterocycles. The number of aromatic hydroxyl groups is 1. The minimum absolute atomic E-state index is 0.326. The first kappa shape index (κ1) is 13.4. The zero-order valence-electron chi connectivity index (χ0n) is 11.2. The Morgan fingerprint density at radius 2 is 2.06 bits per heavy atom. The van der Waals surface area contributed by atoms with Gasteiger partial charge in [-0.1, -0.05) is 12.1 Å². The summed E-state index contributed by atoms with van der Waals surface area (Å²) in [5.74, 6) is 0.326. The maximum atomic E-state index is 9.25. The van der Waals surface area contributed by atoms with Crippen molar-refractivity contribution >= 4 is 0 Å². The highest BCUT2D eigenvalue weighted by Gasteiger charge is 2.23. The van der Waals surface area contributed by atoms with E-state index in [1.807, 2.05) is 12.1 Å². The molecule has 3 heteroatoms. The predicted molar refractivity (Wildman–Crippen MR) is 72.8 cm³/mol. The molecule has 0 amide bonds. The fourth-order valence-corrected chi connectivity index (χ4v) is 2.60.